The molecule has 0 bridgehead atoms. The molecular formula is C21H32IN3O. The van der Waals surface area contributed by atoms with Crippen LogP contribution in [0.4, 0.5) is 0 Å². The Bertz CT molecular complexity index is 580. The molecule has 0 spiro atoms. The number of para-hydroxylation sites is 1. The van der Waals surface area contributed by atoms with Crippen molar-refractivity contribution in [3.05, 3.63) is 42.0 Å². The number of ether oxygens (including phenoxy) is 1. The first-order chi connectivity index (χ1) is 12.3. The maximum Gasteiger partial charge on any atom is 0.193 e. The molecule has 1 N–H and O–H groups in total. The van der Waals surface area contributed by atoms with Gasteiger partial charge in [-0.2, -0.15) is 0 Å². The summed E-state index contributed by atoms with van der Waals surface area (Å²) in [5, 5.41) is 3.55. The summed E-state index contributed by atoms with van der Waals surface area (Å²) in [6.07, 6.45) is 11.2. The van der Waals surface area contributed by atoms with Gasteiger partial charge < -0.3 is 15.0 Å². The summed E-state index contributed by atoms with van der Waals surface area (Å²) in [7, 11) is 1.88. The average Bonchev–Trinajstić information content (AvgIpc) is 2.68. The van der Waals surface area contributed by atoms with Gasteiger partial charge in [-0.05, 0) is 44.2 Å². The van der Waals surface area contributed by atoms with Crippen LogP contribution in [0, 0.1) is 0 Å². The summed E-state index contributed by atoms with van der Waals surface area (Å²) in [5.74, 6) is 2.01. The molecule has 26 heavy (non-hydrogen) atoms. The number of aliphatic imine (C=N–C) groups is 1. The van der Waals surface area contributed by atoms with Crippen molar-refractivity contribution in [2.45, 2.75) is 51.0 Å². The predicted octanol–water partition coefficient (Wildman–Crippen LogP) is 4.61. The molecule has 1 aliphatic carbocycles. The summed E-state index contributed by atoms with van der Waals surface area (Å²) in [5.41, 5.74) is 1.61. The van der Waals surface area contributed by atoms with E-state index in [-0.39, 0.29) is 24.0 Å². The maximum atomic E-state index is 6.08. The third-order valence-corrected chi connectivity index (χ3v) is 5.11. The highest BCUT2D eigenvalue weighted by molar-refractivity contribution is 14.0. The molecule has 0 amide bonds. The zero-order valence-electron chi connectivity index (χ0n) is 15.8. The lowest BCUT2D eigenvalue weighted by molar-refractivity contribution is 0.129. The van der Waals surface area contributed by atoms with E-state index in [9.17, 15) is 0 Å². The number of nitrogens with one attached hydrogen (secondary N) is 1. The molecule has 0 atom stereocenters. The molecular weight excluding hydrogens is 437 g/mol. The van der Waals surface area contributed by atoms with Gasteiger partial charge in [0.05, 0.1) is 0 Å². The normalized spacial score (nSPS) is 18.7. The van der Waals surface area contributed by atoms with Crippen molar-refractivity contribution in [2.24, 2.45) is 4.99 Å². The molecule has 1 heterocycles. The first-order valence-electron chi connectivity index (χ1n) is 9.70. The highest BCUT2D eigenvalue weighted by Gasteiger charge is 2.22. The molecule has 0 aromatic heterocycles. The van der Waals surface area contributed by atoms with Gasteiger partial charge in [-0.3, -0.25) is 4.99 Å². The molecule has 4 nitrogen and oxygen atoms in total. The molecule has 3 rings (SSSR count). The molecule has 2 aliphatic rings. The minimum atomic E-state index is 0. The Morgan fingerprint density at radius 2 is 1.96 bits per heavy atom. The zero-order valence-corrected chi connectivity index (χ0v) is 18.2. The van der Waals surface area contributed by atoms with E-state index in [1.807, 2.05) is 37.4 Å². The number of hydrogen-bond donors (Lipinski definition) is 1. The Kier molecular flexibility index (Phi) is 9.29. The Hall–Kier alpha value is -1.24. The third kappa shape index (κ3) is 6.49. The smallest absolute Gasteiger partial charge is 0.193 e. The third-order valence-electron chi connectivity index (χ3n) is 5.11. The molecule has 0 unspecified atom stereocenters. The lowest BCUT2D eigenvalue weighted by Crippen LogP contribution is -2.47. The second kappa shape index (κ2) is 11.5. The molecule has 1 aromatic rings. The van der Waals surface area contributed by atoms with Crippen molar-refractivity contribution in [3.63, 3.8) is 0 Å². The van der Waals surface area contributed by atoms with Gasteiger partial charge in [-0.25, -0.2) is 0 Å². The van der Waals surface area contributed by atoms with Crippen molar-refractivity contribution in [2.75, 3.05) is 26.7 Å². The van der Waals surface area contributed by atoms with Crippen LogP contribution in [0.3, 0.4) is 0 Å². The maximum absolute atomic E-state index is 6.08. The molecule has 1 fully saturated rings. The number of guanidine groups is 1. The fraction of sp³-hybridized carbons (Fsp3) is 0.571. The quantitative estimate of drug-likeness (QED) is 0.296. The molecule has 1 aliphatic heterocycles. The molecule has 0 saturated carbocycles. The van der Waals surface area contributed by atoms with Crippen molar-refractivity contribution >= 4 is 29.9 Å². The highest BCUT2D eigenvalue weighted by atomic mass is 127. The summed E-state index contributed by atoms with van der Waals surface area (Å²) < 4.78 is 6.08. The Morgan fingerprint density at radius 3 is 2.62 bits per heavy atom. The van der Waals surface area contributed by atoms with Crippen molar-refractivity contribution in [1.82, 2.24) is 10.2 Å². The minimum Gasteiger partial charge on any atom is -0.490 e. The second-order valence-electron chi connectivity index (χ2n) is 6.95. The standard InChI is InChI=1S/C21H31N3O.HI/c1-22-21(23-15-12-18-8-4-2-5-9-18)24-16-13-20(14-17-24)25-19-10-6-3-7-11-19;/h3,6-8,10-11,20H,2,4-5,9,12-17H2,1H3,(H,22,23);1H. The van der Waals surface area contributed by atoms with E-state index >= 15 is 0 Å². The minimum absolute atomic E-state index is 0. The van der Waals surface area contributed by atoms with Gasteiger partial charge >= 0.3 is 0 Å². The van der Waals surface area contributed by atoms with E-state index < -0.39 is 0 Å². The topological polar surface area (TPSA) is 36.9 Å². The van der Waals surface area contributed by atoms with E-state index in [0.717, 1.165) is 50.6 Å². The van der Waals surface area contributed by atoms with Crippen LogP contribution in [0.1, 0.15) is 44.9 Å². The van der Waals surface area contributed by atoms with Crippen LogP contribution < -0.4 is 10.1 Å². The van der Waals surface area contributed by atoms with Gasteiger partial charge in [0, 0.05) is 39.5 Å². The first kappa shape index (κ1) is 21.1. The van der Waals surface area contributed by atoms with Crippen molar-refractivity contribution in [3.8, 4) is 5.75 Å². The van der Waals surface area contributed by atoms with E-state index in [1.54, 1.807) is 5.57 Å². The van der Waals surface area contributed by atoms with Gasteiger partial charge in [0.2, 0.25) is 0 Å². The lowest BCUT2D eigenvalue weighted by atomic mass is 9.97. The van der Waals surface area contributed by atoms with Gasteiger partial charge in [-0.15, -0.1) is 24.0 Å². The fourth-order valence-electron chi connectivity index (χ4n) is 3.68. The zero-order chi connectivity index (χ0) is 17.3. The molecule has 5 heteroatoms. The number of allylic oxidation sites excluding steroid dienone is 1. The average molecular weight is 469 g/mol. The van der Waals surface area contributed by atoms with Crippen LogP contribution in [0.5, 0.6) is 5.75 Å². The predicted molar refractivity (Wildman–Crippen MR) is 120 cm³/mol. The highest BCUT2D eigenvalue weighted by Crippen LogP contribution is 2.20. The molecule has 0 radical (unpaired) electrons. The molecule has 144 valence electrons. The van der Waals surface area contributed by atoms with Gasteiger partial charge in [0.1, 0.15) is 11.9 Å². The van der Waals surface area contributed by atoms with E-state index in [0.29, 0.717) is 6.10 Å². The van der Waals surface area contributed by atoms with Gasteiger partial charge in [0.25, 0.3) is 0 Å². The van der Waals surface area contributed by atoms with E-state index in [4.69, 9.17) is 4.74 Å². The summed E-state index contributed by atoms with van der Waals surface area (Å²) >= 11 is 0. The number of piperidine rings is 1. The van der Waals surface area contributed by atoms with Gasteiger partial charge in [-0.1, -0.05) is 29.8 Å². The molecule has 1 saturated heterocycles. The van der Waals surface area contributed by atoms with E-state index in [1.165, 1.54) is 25.7 Å². The Labute approximate surface area is 175 Å². The van der Waals surface area contributed by atoms with Crippen molar-refractivity contribution < 1.29 is 4.74 Å². The molecule has 1 aromatic carbocycles. The SMILES string of the molecule is CN=C(NCCC1=CCCCC1)N1CCC(Oc2ccccc2)CC1.I. The number of nitrogens with zero attached hydrogens (tertiary/aromatic N) is 2. The van der Waals surface area contributed by atoms with Crippen LogP contribution in [-0.4, -0.2) is 43.6 Å². The van der Waals surface area contributed by atoms with Crippen LogP contribution in [0.25, 0.3) is 0 Å². The van der Waals surface area contributed by atoms with E-state index in [2.05, 4.69) is 21.3 Å². The monoisotopic (exact) mass is 469 g/mol. The summed E-state index contributed by atoms with van der Waals surface area (Å²) in [4.78, 5) is 6.84. The number of likely N-dealkylation sites (tertiary alicyclic amines) is 1. The van der Waals surface area contributed by atoms with Crippen LogP contribution >= 0.6 is 24.0 Å². The Morgan fingerprint density at radius 1 is 1.19 bits per heavy atom. The number of rotatable bonds is 5. The summed E-state index contributed by atoms with van der Waals surface area (Å²) in [6, 6.07) is 10.1. The van der Waals surface area contributed by atoms with Crippen molar-refractivity contribution in [1.29, 1.82) is 0 Å². The first-order valence-corrected chi connectivity index (χ1v) is 9.70. The van der Waals surface area contributed by atoms with Crippen LogP contribution in [0.15, 0.2) is 47.0 Å². The summed E-state index contributed by atoms with van der Waals surface area (Å²) in [6.45, 7) is 2.98. The van der Waals surface area contributed by atoms with Gasteiger partial charge in [0.15, 0.2) is 5.96 Å². The van der Waals surface area contributed by atoms with Crippen LogP contribution in [-0.2, 0) is 0 Å². The number of benzene rings is 1. The fourth-order valence-corrected chi connectivity index (χ4v) is 3.68. The lowest BCUT2D eigenvalue weighted by Gasteiger charge is -2.34. The van der Waals surface area contributed by atoms with Crippen LogP contribution in [0.2, 0.25) is 0 Å². The number of hydrogen-bond acceptors (Lipinski definition) is 2. The largest absolute Gasteiger partial charge is 0.490 e. The number of halogens is 1. The second-order valence-corrected chi connectivity index (χ2v) is 6.95. The Balaban J connectivity index is 0.00000243.